The summed E-state index contributed by atoms with van der Waals surface area (Å²) < 4.78 is 0. The molecule has 0 saturated carbocycles. The van der Waals surface area contributed by atoms with Crippen molar-refractivity contribution in [2.24, 2.45) is 4.99 Å². The van der Waals surface area contributed by atoms with Gasteiger partial charge in [0.05, 0.1) is 0 Å². The van der Waals surface area contributed by atoms with Crippen molar-refractivity contribution in [2.75, 3.05) is 21.1 Å². The van der Waals surface area contributed by atoms with Crippen molar-refractivity contribution in [1.82, 2.24) is 10.2 Å². The van der Waals surface area contributed by atoms with Crippen LogP contribution in [0.25, 0.3) is 0 Å². The molecule has 0 amide bonds. The van der Waals surface area contributed by atoms with Gasteiger partial charge < -0.3 is 10.2 Å². The summed E-state index contributed by atoms with van der Waals surface area (Å²) in [6, 6.07) is 8.56. The van der Waals surface area contributed by atoms with Crippen molar-refractivity contribution in [3.63, 3.8) is 0 Å². The number of rotatable bonds is 2. The molecule has 0 saturated heterocycles. The molecule has 0 unspecified atom stereocenters. The molecule has 0 aliphatic rings. The molecule has 0 aliphatic heterocycles. The SMILES string of the molecule is CN=C(NC)N(C)Cc1ccc(C)cc1.I. The monoisotopic (exact) mass is 333 g/mol. The topological polar surface area (TPSA) is 27.6 Å². The highest BCUT2D eigenvalue weighted by Gasteiger charge is 2.03. The van der Waals surface area contributed by atoms with Crippen molar-refractivity contribution in [2.45, 2.75) is 13.5 Å². The van der Waals surface area contributed by atoms with Gasteiger partial charge in [-0.1, -0.05) is 29.8 Å². The van der Waals surface area contributed by atoms with Crippen LogP contribution in [0.15, 0.2) is 29.3 Å². The van der Waals surface area contributed by atoms with E-state index in [1.165, 1.54) is 11.1 Å². The summed E-state index contributed by atoms with van der Waals surface area (Å²) in [6.45, 7) is 2.97. The average molecular weight is 333 g/mol. The minimum absolute atomic E-state index is 0. The lowest BCUT2D eigenvalue weighted by atomic mass is 10.1. The molecule has 0 aliphatic carbocycles. The molecule has 1 aromatic carbocycles. The Morgan fingerprint density at radius 1 is 1.31 bits per heavy atom. The summed E-state index contributed by atoms with van der Waals surface area (Å²) in [5.41, 5.74) is 2.58. The molecule has 16 heavy (non-hydrogen) atoms. The van der Waals surface area contributed by atoms with Gasteiger partial charge in [0.15, 0.2) is 5.96 Å². The Kier molecular flexibility index (Phi) is 7.12. The van der Waals surface area contributed by atoms with Gasteiger partial charge in [0.1, 0.15) is 0 Å². The lowest BCUT2D eigenvalue weighted by Gasteiger charge is -2.20. The fraction of sp³-hybridized carbons (Fsp3) is 0.417. The van der Waals surface area contributed by atoms with Gasteiger partial charge >= 0.3 is 0 Å². The Balaban J connectivity index is 0.00000225. The third kappa shape index (κ3) is 4.38. The molecule has 4 heteroatoms. The van der Waals surface area contributed by atoms with Gasteiger partial charge in [-0.05, 0) is 12.5 Å². The molecule has 0 heterocycles. The van der Waals surface area contributed by atoms with E-state index >= 15 is 0 Å². The van der Waals surface area contributed by atoms with E-state index in [-0.39, 0.29) is 24.0 Å². The maximum atomic E-state index is 4.15. The fourth-order valence-electron chi connectivity index (χ4n) is 1.52. The summed E-state index contributed by atoms with van der Waals surface area (Å²) in [7, 11) is 5.70. The first kappa shape index (κ1) is 15.2. The minimum atomic E-state index is 0. The van der Waals surface area contributed by atoms with E-state index in [4.69, 9.17) is 0 Å². The second-order valence-corrected chi connectivity index (χ2v) is 3.64. The van der Waals surface area contributed by atoms with Gasteiger partial charge in [-0.2, -0.15) is 0 Å². The molecule has 0 aromatic heterocycles. The van der Waals surface area contributed by atoms with E-state index in [2.05, 4.69) is 46.4 Å². The molecule has 1 rings (SSSR count). The Morgan fingerprint density at radius 2 is 1.88 bits per heavy atom. The number of halogens is 1. The van der Waals surface area contributed by atoms with E-state index in [9.17, 15) is 0 Å². The largest absolute Gasteiger partial charge is 0.359 e. The van der Waals surface area contributed by atoms with Crippen LogP contribution in [-0.4, -0.2) is 32.0 Å². The van der Waals surface area contributed by atoms with Crippen LogP contribution in [0.3, 0.4) is 0 Å². The first-order valence-corrected chi connectivity index (χ1v) is 5.08. The van der Waals surface area contributed by atoms with E-state index < -0.39 is 0 Å². The van der Waals surface area contributed by atoms with E-state index in [1.54, 1.807) is 7.05 Å². The lowest BCUT2D eigenvalue weighted by molar-refractivity contribution is 0.483. The highest BCUT2D eigenvalue weighted by atomic mass is 127. The number of aliphatic imine (C=N–C) groups is 1. The van der Waals surface area contributed by atoms with E-state index in [1.807, 2.05) is 14.1 Å². The number of nitrogens with one attached hydrogen (secondary N) is 1. The van der Waals surface area contributed by atoms with E-state index in [0.29, 0.717) is 0 Å². The Bertz CT molecular complexity index is 333. The smallest absolute Gasteiger partial charge is 0.193 e. The zero-order chi connectivity index (χ0) is 11.3. The maximum Gasteiger partial charge on any atom is 0.193 e. The molecule has 1 aromatic rings. The van der Waals surface area contributed by atoms with Crippen molar-refractivity contribution < 1.29 is 0 Å². The molecule has 0 radical (unpaired) electrons. The third-order valence-corrected chi connectivity index (χ3v) is 2.34. The summed E-state index contributed by atoms with van der Waals surface area (Å²) in [6.07, 6.45) is 0. The first-order valence-electron chi connectivity index (χ1n) is 5.08. The average Bonchev–Trinajstić information content (AvgIpc) is 2.23. The quantitative estimate of drug-likeness (QED) is 0.511. The van der Waals surface area contributed by atoms with Crippen LogP contribution >= 0.6 is 24.0 Å². The number of guanidine groups is 1. The first-order chi connectivity index (χ1) is 7.17. The molecular weight excluding hydrogens is 313 g/mol. The Morgan fingerprint density at radius 3 is 2.31 bits per heavy atom. The second-order valence-electron chi connectivity index (χ2n) is 3.64. The van der Waals surface area contributed by atoms with Crippen molar-refractivity contribution in [1.29, 1.82) is 0 Å². The Labute approximate surface area is 115 Å². The van der Waals surface area contributed by atoms with E-state index in [0.717, 1.165) is 12.5 Å². The predicted octanol–water partition coefficient (Wildman–Crippen LogP) is 2.25. The summed E-state index contributed by atoms with van der Waals surface area (Å²) in [4.78, 5) is 6.24. The van der Waals surface area contributed by atoms with Gasteiger partial charge in [-0.25, -0.2) is 0 Å². The summed E-state index contributed by atoms with van der Waals surface area (Å²) >= 11 is 0. The molecule has 1 N–H and O–H groups in total. The highest BCUT2D eigenvalue weighted by Crippen LogP contribution is 2.05. The molecular formula is C12H20IN3. The minimum Gasteiger partial charge on any atom is -0.359 e. The molecule has 0 bridgehead atoms. The van der Waals surface area contributed by atoms with Crippen LogP contribution in [0.4, 0.5) is 0 Å². The summed E-state index contributed by atoms with van der Waals surface area (Å²) in [5.74, 6) is 0.899. The van der Waals surface area contributed by atoms with Crippen molar-refractivity contribution in [3.05, 3.63) is 35.4 Å². The van der Waals surface area contributed by atoms with Gasteiger partial charge in [0, 0.05) is 27.7 Å². The van der Waals surface area contributed by atoms with Crippen molar-refractivity contribution >= 4 is 29.9 Å². The van der Waals surface area contributed by atoms with Crippen LogP contribution in [0.1, 0.15) is 11.1 Å². The molecule has 0 spiro atoms. The molecule has 0 atom stereocenters. The van der Waals surface area contributed by atoms with Crippen LogP contribution in [-0.2, 0) is 6.54 Å². The summed E-state index contributed by atoms with van der Waals surface area (Å²) in [5, 5.41) is 3.06. The maximum absolute atomic E-state index is 4.15. The van der Waals surface area contributed by atoms with Gasteiger partial charge in [-0.15, -0.1) is 24.0 Å². The standard InChI is InChI=1S/C12H19N3.HI/c1-10-5-7-11(8-6-10)9-15(4)12(13-2)14-3;/h5-8H,9H2,1-4H3,(H,13,14);1H. The molecule has 3 nitrogen and oxygen atoms in total. The number of aryl methyl sites for hydroxylation is 1. The highest BCUT2D eigenvalue weighted by molar-refractivity contribution is 14.0. The van der Waals surface area contributed by atoms with Gasteiger partial charge in [-0.3, -0.25) is 4.99 Å². The number of benzene rings is 1. The van der Waals surface area contributed by atoms with Crippen LogP contribution in [0, 0.1) is 6.92 Å². The zero-order valence-electron chi connectivity index (χ0n) is 10.3. The predicted molar refractivity (Wildman–Crippen MR) is 80.5 cm³/mol. The zero-order valence-corrected chi connectivity index (χ0v) is 12.6. The van der Waals surface area contributed by atoms with Crippen molar-refractivity contribution in [3.8, 4) is 0 Å². The van der Waals surface area contributed by atoms with Gasteiger partial charge in [0.2, 0.25) is 0 Å². The second kappa shape index (κ2) is 7.49. The Hall–Kier alpha value is -0.780. The third-order valence-electron chi connectivity index (χ3n) is 2.34. The fourth-order valence-corrected chi connectivity index (χ4v) is 1.52. The van der Waals surface area contributed by atoms with Crippen LogP contribution in [0.2, 0.25) is 0 Å². The normalized spacial score (nSPS) is 10.6. The van der Waals surface area contributed by atoms with Gasteiger partial charge in [0.25, 0.3) is 0 Å². The molecule has 0 fully saturated rings. The van der Waals surface area contributed by atoms with Crippen LogP contribution < -0.4 is 5.32 Å². The lowest BCUT2D eigenvalue weighted by Crippen LogP contribution is -2.36. The number of hydrogen-bond donors (Lipinski definition) is 1. The number of nitrogens with zero attached hydrogens (tertiary/aromatic N) is 2. The number of hydrogen-bond acceptors (Lipinski definition) is 1. The molecule has 90 valence electrons. The van der Waals surface area contributed by atoms with Crippen LogP contribution in [0.5, 0.6) is 0 Å².